The van der Waals surface area contributed by atoms with Gasteiger partial charge >= 0.3 is 0 Å². The van der Waals surface area contributed by atoms with Crippen molar-refractivity contribution in [2.75, 3.05) is 11.9 Å². The van der Waals surface area contributed by atoms with Crippen molar-refractivity contribution in [3.05, 3.63) is 46.9 Å². The van der Waals surface area contributed by atoms with Gasteiger partial charge in [0, 0.05) is 35.6 Å². The lowest BCUT2D eigenvalue weighted by atomic mass is 9.98. The zero-order valence-electron chi connectivity index (χ0n) is 15.1. The fraction of sp³-hybridized carbons (Fsp3) is 0.444. The van der Waals surface area contributed by atoms with Crippen LogP contribution in [0.3, 0.4) is 0 Å². The van der Waals surface area contributed by atoms with Crippen LogP contribution in [0.15, 0.2) is 24.8 Å². The molecule has 26 heavy (non-hydrogen) atoms. The molecule has 0 saturated carbocycles. The first-order valence-corrected chi connectivity index (χ1v) is 9.75. The number of nitrogens with zero attached hydrogens (tertiary/aromatic N) is 5. The molecule has 4 rings (SSSR count). The van der Waals surface area contributed by atoms with Gasteiger partial charge in [0.05, 0.1) is 18.1 Å². The summed E-state index contributed by atoms with van der Waals surface area (Å²) in [5, 5.41) is 4.19. The van der Waals surface area contributed by atoms with E-state index in [0.717, 1.165) is 47.7 Å². The molecule has 1 aliphatic heterocycles. The van der Waals surface area contributed by atoms with Crippen LogP contribution in [0.25, 0.3) is 0 Å². The topological polar surface area (TPSA) is 82.6 Å². The lowest BCUT2D eigenvalue weighted by molar-refractivity contribution is 0.135. The van der Waals surface area contributed by atoms with Crippen LogP contribution in [0.5, 0.6) is 0 Å². The van der Waals surface area contributed by atoms with Crippen molar-refractivity contribution in [3.63, 3.8) is 0 Å². The van der Waals surface area contributed by atoms with Crippen LogP contribution in [0.1, 0.15) is 47.4 Å². The second kappa shape index (κ2) is 7.51. The van der Waals surface area contributed by atoms with E-state index in [9.17, 15) is 0 Å². The Morgan fingerprint density at radius 1 is 1.27 bits per heavy atom. The smallest absolute Gasteiger partial charge is 0.188 e. The predicted octanol–water partition coefficient (Wildman–Crippen LogP) is 3.74. The zero-order valence-corrected chi connectivity index (χ0v) is 15.9. The first kappa shape index (κ1) is 17.1. The molecule has 1 aliphatic rings. The Kier molecular flexibility index (Phi) is 4.94. The van der Waals surface area contributed by atoms with Crippen molar-refractivity contribution < 1.29 is 0 Å². The van der Waals surface area contributed by atoms with E-state index in [1.54, 1.807) is 17.7 Å². The van der Waals surface area contributed by atoms with E-state index in [1.165, 1.54) is 17.7 Å². The van der Waals surface area contributed by atoms with Crippen LogP contribution in [0.2, 0.25) is 0 Å². The van der Waals surface area contributed by atoms with Crippen molar-refractivity contribution in [1.82, 2.24) is 29.8 Å². The molecular formula is C18H23N7S. The number of hydrogen-bond acceptors (Lipinski definition) is 7. The molecule has 0 spiro atoms. The summed E-state index contributed by atoms with van der Waals surface area (Å²) in [6, 6.07) is 2.37. The van der Waals surface area contributed by atoms with E-state index in [-0.39, 0.29) is 0 Å². The molecule has 8 heteroatoms. The maximum atomic E-state index is 4.75. The van der Waals surface area contributed by atoms with Crippen molar-refractivity contribution in [3.8, 4) is 0 Å². The minimum Gasteiger partial charge on any atom is -0.347 e. The Balaban J connectivity index is 1.58. The highest BCUT2D eigenvalue weighted by molar-refractivity contribution is 7.15. The van der Waals surface area contributed by atoms with Crippen LogP contribution in [-0.2, 0) is 6.54 Å². The second-order valence-electron chi connectivity index (χ2n) is 6.69. The second-order valence-corrected chi connectivity index (χ2v) is 7.92. The maximum absolute atomic E-state index is 4.75. The first-order chi connectivity index (χ1) is 12.7. The highest BCUT2D eigenvalue weighted by atomic mass is 32.1. The van der Waals surface area contributed by atoms with Crippen LogP contribution < -0.4 is 5.32 Å². The van der Waals surface area contributed by atoms with Crippen LogP contribution >= 0.6 is 11.3 Å². The van der Waals surface area contributed by atoms with E-state index in [4.69, 9.17) is 4.98 Å². The largest absolute Gasteiger partial charge is 0.347 e. The zero-order chi connectivity index (χ0) is 17.9. The van der Waals surface area contributed by atoms with E-state index >= 15 is 0 Å². The minimum absolute atomic E-state index is 0.298. The van der Waals surface area contributed by atoms with Crippen molar-refractivity contribution in [2.45, 2.75) is 45.7 Å². The molecule has 0 radical (unpaired) electrons. The van der Waals surface area contributed by atoms with Gasteiger partial charge in [-0.05, 0) is 33.2 Å². The molecule has 7 nitrogen and oxygen atoms in total. The van der Waals surface area contributed by atoms with Gasteiger partial charge in [-0.2, -0.15) is 0 Å². The van der Waals surface area contributed by atoms with E-state index in [1.807, 2.05) is 19.3 Å². The molecule has 3 aromatic rings. The summed E-state index contributed by atoms with van der Waals surface area (Å²) in [4.78, 5) is 24.7. The number of hydrogen-bond donors (Lipinski definition) is 2. The average molecular weight is 369 g/mol. The number of thiazole rings is 1. The van der Waals surface area contributed by atoms with Crippen molar-refractivity contribution >= 4 is 22.3 Å². The number of piperidine rings is 1. The minimum atomic E-state index is 0.298. The molecule has 0 amide bonds. The van der Waals surface area contributed by atoms with Gasteiger partial charge in [-0.25, -0.2) is 19.9 Å². The molecule has 3 aromatic heterocycles. The molecule has 1 unspecified atom stereocenters. The van der Waals surface area contributed by atoms with E-state index in [0.29, 0.717) is 6.04 Å². The number of aryl methyl sites for hydroxylation is 2. The number of rotatable bonds is 5. The third-order valence-electron chi connectivity index (χ3n) is 4.60. The summed E-state index contributed by atoms with van der Waals surface area (Å²) in [6.07, 6.45) is 9.06. The average Bonchev–Trinajstić information content (AvgIpc) is 3.27. The van der Waals surface area contributed by atoms with Gasteiger partial charge in [0.25, 0.3) is 0 Å². The van der Waals surface area contributed by atoms with Gasteiger partial charge in [-0.3, -0.25) is 4.90 Å². The fourth-order valence-corrected chi connectivity index (χ4v) is 4.12. The summed E-state index contributed by atoms with van der Waals surface area (Å²) < 4.78 is 0. The van der Waals surface area contributed by atoms with Crippen molar-refractivity contribution in [2.24, 2.45) is 0 Å². The number of H-pyrrole nitrogens is 1. The molecule has 0 aliphatic carbocycles. The quantitative estimate of drug-likeness (QED) is 0.713. The molecule has 0 bridgehead atoms. The summed E-state index contributed by atoms with van der Waals surface area (Å²) >= 11 is 1.63. The number of nitrogens with one attached hydrogen (secondary N) is 2. The third-order valence-corrected chi connectivity index (χ3v) is 5.43. The van der Waals surface area contributed by atoms with Crippen LogP contribution in [0, 0.1) is 13.8 Å². The van der Waals surface area contributed by atoms with E-state index < -0.39 is 0 Å². The molecule has 4 heterocycles. The predicted molar refractivity (Wildman–Crippen MR) is 102 cm³/mol. The molecule has 2 N–H and O–H groups in total. The number of anilines is 2. The maximum Gasteiger partial charge on any atom is 0.188 e. The summed E-state index contributed by atoms with van der Waals surface area (Å²) in [5.74, 6) is 1.60. The lowest BCUT2D eigenvalue weighted by Gasteiger charge is -2.35. The number of imidazole rings is 1. The van der Waals surface area contributed by atoms with Gasteiger partial charge in [0.1, 0.15) is 11.6 Å². The Bertz CT molecular complexity index is 858. The highest BCUT2D eigenvalue weighted by Crippen LogP contribution is 2.32. The summed E-state index contributed by atoms with van der Waals surface area (Å²) in [6.45, 7) is 5.93. The standard InChI is InChI=1S/C18H23N7S/c1-12-8-20-18(26-12)24-17-7-15(22-13(2)23-17)16-5-3-4-6-25(16)10-14-9-19-11-21-14/h7-9,11,16H,3-6,10H2,1-2H3,(H,19,21)(H,20,22,23,24). The molecule has 1 fully saturated rings. The number of aromatic amines is 1. The van der Waals surface area contributed by atoms with Gasteiger partial charge in [-0.15, -0.1) is 11.3 Å². The normalized spacial score (nSPS) is 18.2. The van der Waals surface area contributed by atoms with Crippen LogP contribution in [0.4, 0.5) is 10.9 Å². The molecular weight excluding hydrogens is 346 g/mol. The van der Waals surface area contributed by atoms with Crippen molar-refractivity contribution in [1.29, 1.82) is 0 Å². The monoisotopic (exact) mass is 369 g/mol. The van der Waals surface area contributed by atoms with Gasteiger partial charge in [-0.1, -0.05) is 6.42 Å². The molecule has 0 aromatic carbocycles. The van der Waals surface area contributed by atoms with Crippen LogP contribution in [-0.4, -0.2) is 36.4 Å². The Hall–Kier alpha value is -2.32. The highest BCUT2D eigenvalue weighted by Gasteiger charge is 2.26. The summed E-state index contributed by atoms with van der Waals surface area (Å²) in [5.41, 5.74) is 2.21. The Morgan fingerprint density at radius 3 is 2.96 bits per heavy atom. The third kappa shape index (κ3) is 3.91. The molecule has 1 saturated heterocycles. The van der Waals surface area contributed by atoms with Gasteiger partial charge < -0.3 is 10.3 Å². The Labute approximate surface area is 156 Å². The molecule has 136 valence electrons. The first-order valence-electron chi connectivity index (χ1n) is 8.94. The number of likely N-dealkylation sites (tertiary alicyclic amines) is 1. The molecule has 1 atom stereocenters. The van der Waals surface area contributed by atoms with Gasteiger partial charge in [0.2, 0.25) is 0 Å². The SMILES string of the molecule is Cc1nc(Nc2ncc(C)s2)cc(C2CCCCN2Cc2cnc[nH]2)n1. The number of aromatic nitrogens is 5. The Morgan fingerprint density at radius 2 is 2.19 bits per heavy atom. The lowest BCUT2D eigenvalue weighted by Crippen LogP contribution is -2.33. The summed E-state index contributed by atoms with van der Waals surface area (Å²) in [7, 11) is 0. The fourth-order valence-electron chi connectivity index (χ4n) is 3.45. The van der Waals surface area contributed by atoms with Gasteiger partial charge in [0.15, 0.2) is 5.13 Å². The van der Waals surface area contributed by atoms with E-state index in [2.05, 4.69) is 43.1 Å².